The molecule has 1 N–H and O–H groups in total. The van der Waals surface area contributed by atoms with E-state index in [9.17, 15) is 31.1 Å². The molecule has 0 saturated heterocycles. The Hall–Kier alpha value is -1.47. The molecule has 1 aliphatic carbocycles. The van der Waals surface area contributed by atoms with Crippen molar-refractivity contribution in [2.24, 2.45) is 0 Å². The van der Waals surface area contributed by atoms with Gasteiger partial charge in [0.05, 0.1) is 0 Å². The molecule has 0 amide bonds. The third-order valence-electron chi connectivity index (χ3n) is 1.80. The smallest absolute Gasteiger partial charge is 0.352 e. The van der Waals surface area contributed by atoms with Crippen LogP contribution in [0.1, 0.15) is 0 Å². The molecule has 0 saturated carbocycles. The Morgan fingerprint density at radius 2 is 1.67 bits per heavy atom. The van der Waals surface area contributed by atoms with Crippen LogP contribution >= 0.6 is 0 Å². The zero-order valence-electron chi connectivity index (χ0n) is 6.70. The number of allylic oxidation sites excluding steroid dienone is 3. The van der Waals surface area contributed by atoms with Crippen molar-refractivity contribution >= 4 is 5.97 Å². The van der Waals surface area contributed by atoms with Gasteiger partial charge in [-0.2, -0.15) is 0 Å². The van der Waals surface area contributed by atoms with Gasteiger partial charge in [0.2, 0.25) is 6.17 Å². The lowest BCUT2D eigenvalue weighted by atomic mass is 9.92. The van der Waals surface area contributed by atoms with Crippen LogP contribution in [0.5, 0.6) is 0 Å². The molecule has 2 unspecified atom stereocenters. The monoisotopic (exact) mass is 232 g/mol. The van der Waals surface area contributed by atoms with Crippen LogP contribution in [0.4, 0.5) is 26.3 Å². The molecule has 0 aliphatic heterocycles. The minimum atomic E-state index is -4.57. The topological polar surface area (TPSA) is 37.3 Å². The third-order valence-corrected chi connectivity index (χ3v) is 1.80. The van der Waals surface area contributed by atoms with E-state index < -0.39 is 41.1 Å². The Morgan fingerprint density at radius 1 is 1.20 bits per heavy atom. The quantitative estimate of drug-likeness (QED) is 0.705. The second-order valence-electron chi connectivity index (χ2n) is 2.67. The van der Waals surface area contributed by atoms with Crippen molar-refractivity contribution in [3.05, 3.63) is 23.3 Å². The molecule has 0 aromatic heterocycles. The number of carboxylic acids is 1. The van der Waals surface area contributed by atoms with Crippen molar-refractivity contribution in [1.29, 1.82) is 0 Å². The minimum absolute atomic E-state index is 2.57. The fourth-order valence-electron chi connectivity index (χ4n) is 0.960. The highest BCUT2D eigenvalue weighted by molar-refractivity contribution is 5.83. The molecule has 0 spiro atoms. The lowest BCUT2D eigenvalue weighted by Gasteiger charge is -2.25. The van der Waals surface area contributed by atoms with Crippen LogP contribution in [0.25, 0.3) is 0 Å². The van der Waals surface area contributed by atoms with Gasteiger partial charge in [0, 0.05) is 0 Å². The number of carboxylic acid groups (broad SMARTS) is 1. The predicted molar refractivity (Wildman–Crippen MR) is 34.9 cm³/mol. The molecule has 0 aromatic carbocycles. The van der Waals surface area contributed by atoms with Crippen molar-refractivity contribution in [3.63, 3.8) is 0 Å². The average Bonchev–Trinajstić information content (AvgIpc) is 2.20. The Balaban J connectivity index is 3.45. The molecule has 0 fully saturated rings. The van der Waals surface area contributed by atoms with Gasteiger partial charge in [-0.1, -0.05) is 0 Å². The standard InChI is InChI=1S/C7H2F6O2/c8-1-2(9)4(11)7(13,6(14)15)5(12)3(1)10/h4H,(H,14,15). The fraction of sp³-hybridized carbons (Fsp3) is 0.286. The largest absolute Gasteiger partial charge is 0.478 e. The summed E-state index contributed by atoms with van der Waals surface area (Å²) < 4.78 is 75.5. The van der Waals surface area contributed by atoms with Crippen LogP contribution in [0.3, 0.4) is 0 Å². The van der Waals surface area contributed by atoms with Crippen molar-refractivity contribution in [2.75, 3.05) is 0 Å². The second-order valence-corrected chi connectivity index (χ2v) is 2.67. The number of halogens is 6. The summed E-state index contributed by atoms with van der Waals surface area (Å²) in [6, 6.07) is 0. The van der Waals surface area contributed by atoms with Crippen LogP contribution in [0.15, 0.2) is 23.3 Å². The summed E-state index contributed by atoms with van der Waals surface area (Å²) in [6.45, 7) is 0. The molecule has 0 radical (unpaired) electrons. The zero-order valence-corrected chi connectivity index (χ0v) is 6.70. The van der Waals surface area contributed by atoms with E-state index in [2.05, 4.69) is 0 Å². The van der Waals surface area contributed by atoms with E-state index >= 15 is 0 Å². The highest BCUT2D eigenvalue weighted by Crippen LogP contribution is 2.44. The molecule has 8 heteroatoms. The maximum Gasteiger partial charge on any atom is 0.352 e. The molecule has 0 aromatic rings. The van der Waals surface area contributed by atoms with Crippen LogP contribution in [0, 0.1) is 0 Å². The molecule has 15 heavy (non-hydrogen) atoms. The molecule has 84 valence electrons. The molecule has 2 atom stereocenters. The number of hydrogen-bond donors (Lipinski definition) is 1. The van der Waals surface area contributed by atoms with E-state index in [1.807, 2.05) is 0 Å². The van der Waals surface area contributed by atoms with Crippen molar-refractivity contribution in [3.8, 4) is 0 Å². The summed E-state index contributed by atoms with van der Waals surface area (Å²) in [7, 11) is 0. The van der Waals surface area contributed by atoms with Gasteiger partial charge in [-0.05, 0) is 0 Å². The van der Waals surface area contributed by atoms with Crippen LogP contribution in [0.2, 0.25) is 0 Å². The summed E-state index contributed by atoms with van der Waals surface area (Å²) in [5.41, 5.74) is -4.57. The number of rotatable bonds is 1. The van der Waals surface area contributed by atoms with Gasteiger partial charge >= 0.3 is 5.97 Å². The number of alkyl halides is 2. The van der Waals surface area contributed by atoms with Gasteiger partial charge < -0.3 is 5.11 Å². The molecule has 1 rings (SSSR count). The predicted octanol–water partition coefficient (Wildman–Crippen LogP) is 2.43. The maximum atomic E-state index is 13.1. The summed E-state index contributed by atoms with van der Waals surface area (Å²) in [5, 5.41) is 8.09. The van der Waals surface area contributed by atoms with Gasteiger partial charge in [0.25, 0.3) is 5.67 Å². The molecule has 1 aliphatic rings. The van der Waals surface area contributed by atoms with Gasteiger partial charge in [0.15, 0.2) is 23.3 Å². The Kier molecular flexibility index (Phi) is 2.54. The normalized spacial score (nSPS) is 32.3. The first-order valence-corrected chi connectivity index (χ1v) is 3.42. The highest BCUT2D eigenvalue weighted by atomic mass is 19.2. The van der Waals surface area contributed by atoms with Crippen LogP contribution in [-0.4, -0.2) is 22.9 Å². The summed E-state index contributed by atoms with van der Waals surface area (Å²) >= 11 is 0. The second kappa shape index (κ2) is 3.28. The average molecular weight is 232 g/mol. The van der Waals surface area contributed by atoms with Gasteiger partial charge in [0.1, 0.15) is 0 Å². The van der Waals surface area contributed by atoms with E-state index in [0.29, 0.717) is 0 Å². The first kappa shape index (κ1) is 11.6. The Morgan fingerprint density at radius 3 is 2.07 bits per heavy atom. The first-order chi connectivity index (χ1) is 6.74. The number of aliphatic carboxylic acids is 1. The van der Waals surface area contributed by atoms with Crippen molar-refractivity contribution in [2.45, 2.75) is 11.8 Å². The Labute approximate surface area is 78.5 Å². The number of hydrogen-bond acceptors (Lipinski definition) is 1. The van der Waals surface area contributed by atoms with Crippen molar-refractivity contribution < 1.29 is 36.2 Å². The minimum Gasteiger partial charge on any atom is -0.478 e. The lowest BCUT2D eigenvalue weighted by Crippen LogP contribution is -2.46. The fourth-order valence-corrected chi connectivity index (χ4v) is 0.960. The van der Waals surface area contributed by atoms with Gasteiger partial charge in [-0.3, -0.25) is 0 Å². The SMILES string of the molecule is O=C(O)C1(F)C(F)=C(F)C(F)=C(F)C1F. The van der Waals surface area contributed by atoms with E-state index in [1.165, 1.54) is 0 Å². The van der Waals surface area contributed by atoms with Crippen molar-refractivity contribution in [1.82, 2.24) is 0 Å². The zero-order chi connectivity index (χ0) is 12.0. The van der Waals surface area contributed by atoms with Crippen LogP contribution in [-0.2, 0) is 4.79 Å². The number of carbonyl (C=O) groups is 1. The third kappa shape index (κ3) is 1.31. The van der Waals surface area contributed by atoms with Crippen LogP contribution < -0.4 is 0 Å². The summed E-state index contributed by atoms with van der Waals surface area (Å²) in [4.78, 5) is 10.1. The molecular formula is C7H2F6O2. The van der Waals surface area contributed by atoms with Gasteiger partial charge in [-0.15, -0.1) is 0 Å². The molecule has 0 bridgehead atoms. The Bertz CT molecular complexity index is 387. The highest BCUT2D eigenvalue weighted by Gasteiger charge is 2.60. The van der Waals surface area contributed by atoms with E-state index in [4.69, 9.17) is 5.11 Å². The summed E-state index contributed by atoms with van der Waals surface area (Å²) in [6.07, 6.45) is -3.76. The van der Waals surface area contributed by atoms with E-state index in [0.717, 1.165) is 0 Å². The lowest BCUT2D eigenvalue weighted by molar-refractivity contribution is -0.153. The van der Waals surface area contributed by atoms with Gasteiger partial charge in [-0.25, -0.2) is 31.1 Å². The molecular weight excluding hydrogens is 230 g/mol. The molecule has 0 heterocycles. The maximum absolute atomic E-state index is 13.1. The first-order valence-electron chi connectivity index (χ1n) is 3.42. The van der Waals surface area contributed by atoms with E-state index in [-0.39, 0.29) is 0 Å². The van der Waals surface area contributed by atoms with E-state index in [1.54, 1.807) is 0 Å². The summed E-state index contributed by atoms with van der Waals surface area (Å²) in [5.74, 6) is -13.5. The molecule has 2 nitrogen and oxygen atoms in total.